The number of nitrogens with one attached hydrogen (secondary N) is 1. The SMILES string of the molecule is C=CCC1CC(C)CC/C1=C/CS(=O)(=O)c1ccc(NS(=O)(=O)c2ccc(C)cc2)cc1. The Hall–Kier alpha value is -2.38. The van der Waals surface area contributed by atoms with Gasteiger partial charge in [-0.2, -0.15) is 0 Å². The molecule has 1 aliphatic rings. The van der Waals surface area contributed by atoms with Crippen LogP contribution in [0.5, 0.6) is 0 Å². The van der Waals surface area contributed by atoms with E-state index in [4.69, 9.17) is 0 Å². The summed E-state index contributed by atoms with van der Waals surface area (Å²) in [5, 5.41) is 0. The first-order chi connectivity index (χ1) is 15.1. The summed E-state index contributed by atoms with van der Waals surface area (Å²) >= 11 is 0. The van der Waals surface area contributed by atoms with Gasteiger partial charge in [0.15, 0.2) is 9.84 Å². The Morgan fingerprint density at radius 1 is 1.00 bits per heavy atom. The normalized spacial score (nSPS) is 20.8. The van der Waals surface area contributed by atoms with Gasteiger partial charge in [-0.15, -0.1) is 6.58 Å². The molecule has 0 aliphatic heterocycles. The van der Waals surface area contributed by atoms with Gasteiger partial charge in [0.2, 0.25) is 0 Å². The van der Waals surface area contributed by atoms with Gasteiger partial charge in [0.05, 0.1) is 15.5 Å². The van der Waals surface area contributed by atoms with Crippen LogP contribution in [0, 0.1) is 18.8 Å². The van der Waals surface area contributed by atoms with E-state index in [9.17, 15) is 16.8 Å². The molecule has 1 aliphatic carbocycles. The topological polar surface area (TPSA) is 80.3 Å². The fraction of sp³-hybridized carbons (Fsp3) is 0.360. The fourth-order valence-corrected chi connectivity index (χ4v) is 6.30. The molecule has 172 valence electrons. The highest BCUT2D eigenvalue weighted by atomic mass is 32.2. The molecule has 0 heterocycles. The van der Waals surface area contributed by atoms with Crippen molar-refractivity contribution in [3.05, 3.63) is 78.4 Å². The van der Waals surface area contributed by atoms with Crippen molar-refractivity contribution in [2.45, 2.75) is 49.3 Å². The Labute approximate surface area is 192 Å². The number of aryl methyl sites for hydroxylation is 1. The Morgan fingerprint density at radius 2 is 1.62 bits per heavy atom. The minimum Gasteiger partial charge on any atom is -0.280 e. The molecule has 0 aromatic heterocycles. The minimum atomic E-state index is -3.74. The number of sulfonamides is 1. The highest BCUT2D eigenvalue weighted by Gasteiger charge is 2.23. The van der Waals surface area contributed by atoms with E-state index in [-0.39, 0.29) is 15.5 Å². The monoisotopic (exact) mass is 473 g/mol. The van der Waals surface area contributed by atoms with Crippen molar-refractivity contribution < 1.29 is 16.8 Å². The molecule has 2 aromatic carbocycles. The second kappa shape index (κ2) is 10.0. The van der Waals surface area contributed by atoms with Crippen LogP contribution >= 0.6 is 0 Å². The molecule has 2 unspecified atom stereocenters. The van der Waals surface area contributed by atoms with Crippen molar-refractivity contribution in [3.8, 4) is 0 Å². The fourth-order valence-electron chi connectivity index (χ4n) is 4.06. The molecule has 0 amide bonds. The maximum absolute atomic E-state index is 12.9. The van der Waals surface area contributed by atoms with E-state index >= 15 is 0 Å². The first kappa shape index (κ1) is 24.3. The van der Waals surface area contributed by atoms with E-state index in [1.807, 2.05) is 19.1 Å². The van der Waals surface area contributed by atoms with E-state index < -0.39 is 19.9 Å². The summed E-state index contributed by atoms with van der Waals surface area (Å²) in [6.07, 6.45) is 7.70. The highest BCUT2D eigenvalue weighted by molar-refractivity contribution is 7.92. The first-order valence-corrected chi connectivity index (χ1v) is 14.0. The lowest BCUT2D eigenvalue weighted by Crippen LogP contribution is -2.17. The zero-order chi connectivity index (χ0) is 23.4. The van der Waals surface area contributed by atoms with Crippen molar-refractivity contribution in [2.24, 2.45) is 11.8 Å². The molecule has 3 rings (SSSR count). The molecule has 2 atom stereocenters. The third-order valence-corrected chi connectivity index (χ3v) is 8.94. The van der Waals surface area contributed by atoms with E-state index in [1.165, 1.54) is 42.0 Å². The predicted octanol–water partition coefficient (Wildman–Crippen LogP) is 5.51. The average molecular weight is 474 g/mol. The summed E-state index contributed by atoms with van der Waals surface area (Å²) in [6.45, 7) is 7.95. The van der Waals surface area contributed by atoms with Gasteiger partial charge in [0, 0.05) is 5.69 Å². The van der Waals surface area contributed by atoms with Crippen LogP contribution in [0.4, 0.5) is 5.69 Å². The molecule has 2 aromatic rings. The van der Waals surface area contributed by atoms with Gasteiger partial charge in [-0.3, -0.25) is 4.72 Å². The van der Waals surface area contributed by atoms with Crippen molar-refractivity contribution >= 4 is 25.5 Å². The van der Waals surface area contributed by atoms with Gasteiger partial charge in [-0.05, 0) is 80.8 Å². The standard InChI is InChI=1S/C25H31NO4S2/c1-4-5-22-18-20(3)6-9-21(22)16-17-31(27,28)24-14-10-23(11-15-24)26-32(29,30)25-12-7-19(2)8-13-25/h4,7-8,10-16,20,22,26H,1,5-6,9,17-18H2,2-3H3/b21-16-. The number of allylic oxidation sites excluding steroid dienone is 2. The van der Waals surface area contributed by atoms with Crippen LogP contribution in [-0.4, -0.2) is 22.6 Å². The first-order valence-electron chi connectivity index (χ1n) is 10.8. The lowest BCUT2D eigenvalue weighted by atomic mass is 9.77. The van der Waals surface area contributed by atoms with E-state index in [0.29, 0.717) is 17.5 Å². The molecule has 5 nitrogen and oxygen atoms in total. The highest BCUT2D eigenvalue weighted by Crippen LogP contribution is 2.35. The van der Waals surface area contributed by atoms with Crippen molar-refractivity contribution in [3.63, 3.8) is 0 Å². The second-order valence-electron chi connectivity index (χ2n) is 8.60. The molecule has 1 fully saturated rings. The lowest BCUT2D eigenvalue weighted by Gasteiger charge is -2.29. The second-order valence-corrected chi connectivity index (χ2v) is 12.3. The van der Waals surface area contributed by atoms with Crippen molar-refractivity contribution in [1.29, 1.82) is 0 Å². The molecule has 0 bridgehead atoms. The maximum Gasteiger partial charge on any atom is 0.261 e. The molecule has 0 spiro atoms. The summed E-state index contributed by atoms with van der Waals surface area (Å²) in [4.78, 5) is 0.333. The summed E-state index contributed by atoms with van der Waals surface area (Å²) in [7, 11) is -7.24. The summed E-state index contributed by atoms with van der Waals surface area (Å²) in [5.41, 5.74) is 2.48. The van der Waals surface area contributed by atoms with Gasteiger partial charge < -0.3 is 0 Å². The Morgan fingerprint density at radius 3 is 2.25 bits per heavy atom. The Bertz CT molecular complexity index is 1180. The predicted molar refractivity (Wildman–Crippen MR) is 130 cm³/mol. The number of benzene rings is 2. The summed E-state index contributed by atoms with van der Waals surface area (Å²) in [6, 6.07) is 12.4. The minimum absolute atomic E-state index is 0.0567. The molecular formula is C25H31NO4S2. The van der Waals surface area contributed by atoms with Crippen LogP contribution in [0.25, 0.3) is 0 Å². The number of sulfone groups is 1. The van der Waals surface area contributed by atoms with Gasteiger partial charge in [0.25, 0.3) is 10.0 Å². The van der Waals surface area contributed by atoms with E-state index in [1.54, 1.807) is 12.1 Å². The van der Waals surface area contributed by atoms with Crippen molar-refractivity contribution in [1.82, 2.24) is 0 Å². The van der Waals surface area contributed by atoms with E-state index in [0.717, 1.165) is 31.2 Å². The number of hydrogen-bond acceptors (Lipinski definition) is 4. The van der Waals surface area contributed by atoms with Crippen molar-refractivity contribution in [2.75, 3.05) is 10.5 Å². The lowest BCUT2D eigenvalue weighted by molar-refractivity contribution is 0.354. The molecule has 7 heteroatoms. The summed E-state index contributed by atoms with van der Waals surface area (Å²) < 4.78 is 53.3. The van der Waals surface area contributed by atoms with Crippen LogP contribution in [-0.2, 0) is 19.9 Å². The van der Waals surface area contributed by atoms with Crippen LogP contribution in [0.3, 0.4) is 0 Å². The molecule has 32 heavy (non-hydrogen) atoms. The molecular weight excluding hydrogens is 442 g/mol. The number of rotatable bonds is 8. The van der Waals surface area contributed by atoms with E-state index in [2.05, 4.69) is 18.2 Å². The van der Waals surface area contributed by atoms with Gasteiger partial charge in [-0.25, -0.2) is 16.8 Å². The largest absolute Gasteiger partial charge is 0.280 e. The van der Waals surface area contributed by atoms with Crippen LogP contribution in [0.2, 0.25) is 0 Å². The Kier molecular flexibility index (Phi) is 7.62. The third kappa shape index (κ3) is 6.11. The zero-order valence-corrected chi connectivity index (χ0v) is 20.3. The molecule has 1 saturated carbocycles. The number of hydrogen-bond donors (Lipinski definition) is 1. The zero-order valence-electron chi connectivity index (χ0n) is 18.6. The average Bonchev–Trinajstić information content (AvgIpc) is 2.74. The van der Waals surface area contributed by atoms with Crippen LogP contribution < -0.4 is 4.72 Å². The molecule has 0 radical (unpaired) electrons. The Balaban J connectivity index is 1.71. The smallest absolute Gasteiger partial charge is 0.261 e. The number of anilines is 1. The van der Waals surface area contributed by atoms with Gasteiger partial charge in [0.1, 0.15) is 0 Å². The maximum atomic E-state index is 12.9. The van der Waals surface area contributed by atoms with Gasteiger partial charge in [-0.1, -0.05) is 42.3 Å². The third-order valence-electron chi connectivity index (χ3n) is 5.95. The van der Waals surface area contributed by atoms with Crippen LogP contribution in [0.15, 0.2) is 82.6 Å². The molecule has 0 saturated heterocycles. The van der Waals surface area contributed by atoms with Crippen LogP contribution in [0.1, 0.15) is 38.2 Å². The molecule has 1 N–H and O–H groups in total. The summed E-state index contributed by atoms with van der Waals surface area (Å²) in [5.74, 6) is 0.952. The van der Waals surface area contributed by atoms with Gasteiger partial charge >= 0.3 is 0 Å². The quantitative estimate of drug-likeness (QED) is 0.513.